The lowest BCUT2D eigenvalue weighted by Gasteiger charge is -2.06. The molecule has 0 fully saturated rings. The Balaban J connectivity index is 2.19. The monoisotopic (exact) mass is 266 g/mol. The molecule has 0 aliphatic rings. The first-order chi connectivity index (χ1) is 8.56. The van der Waals surface area contributed by atoms with Crippen molar-refractivity contribution in [3.05, 3.63) is 52.9 Å². The number of anilines is 1. The molecule has 6 heteroatoms. The molecule has 0 saturated heterocycles. The van der Waals surface area contributed by atoms with Crippen molar-refractivity contribution in [3.63, 3.8) is 0 Å². The molecule has 1 aromatic heterocycles. The molecular formula is C12H8ClFN2O2. The summed E-state index contributed by atoms with van der Waals surface area (Å²) in [6.45, 7) is 0. The zero-order chi connectivity index (χ0) is 13.1. The van der Waals surface area contributed by atoms with E-state index in [0.29, 0.717) is 5.02 Å². The minimum atomic E-state index is -0.553. The van der Waals surface area contributed by atoms with Crippen LogP contribution in [0, 0.1) is 5.82 Å². The summed E-state index contributed by atoms with van der Waals surface area (Å²) in [5, 5.41) is 12.3. The molecule has 2 N–H and O–H groups in total. The van der Waals surface area contributed by atoms with E-state index in [1.165, 1.54) is 30.3 Å². The Morgan fingerprint density at radius 3 is 2.72 bits per heavy atom. The number of aromatic nitrogens is 1. The van der Waals surface area contributed by atoms with Crippen LogP contribution in [-0.4, -0.2) is 16.0 Å². The molecule has 1 aromatic carbocycles. The number of nitrogens with one attached hydrogen (secondary N) is 1. The van der Waals surface area contributed by atoms with E-state index >= 15 is 0 Å². The van der Waals surface area contributed by atoms with Crippen LogP contribution in [0.1, 0.15) is 10.4 Å². The molecule has 4 nitrogen and oxygen atoms in total. The molecule has 0 atom stereocenters. The van der Waals surface area contributed by atoms with Crippen LogP contribution < -0.4 is 5.32 Å². The van der Waals surface area contributed by atoms with Crippen LogP contribution in [0.5, 0.6) is 5.75 Å². The fraction of sp³-hybridized carbons (Fsp3) is 0. The van der Waals surface area contributed by atoms with E-state index in [0.717, 1.165) is 6.20 Å². The highest BCUT2D eigenvalue weighted by Gasteiger charge is 2.12. The molecule has 1 heterocycles. The summed E-state index contributed by atoms with van der Waals surface area (Å²) < 4.78 is 12.6. The third-order valence-electron chi connectivity index (χ3n) is 2.17. The van der Waals surface area contributed by atoms with Gasteiger partial charge in [-0.15, -0.1) is 0 Å². The lowest BCUT2D eigenvalue weighted by molar-refractivity contribution is 0.102. The molecule has 18 heavy (non-hydrogen) atoms. The lowest BCUT2D eigenvalue weighted by atomic mass is 10.2. The molecule has 0 bridgehead atoms. The van der Waals surface area contributed by atoms with E-state index in [-0.39, 0.29) is 17.1 Å². The smallest absolute Gasteiger partial charge is 0.260 e. The van der Waals surface area contributed by atoms with E-state index in [9.17, 15) is 14.3 Å². The van der Waals surface area contributed by atoms with Gasteiger partial charge in [0.15, 0.2) is 0 Å². The molecule has 92 valence electrons. The maximum absolute atomic E-state index is 12.6. The second-order valence-electron chi connectivity index (χ2n) is 3.48. The van der Waals surface area contributed by atoms with Crippen molar-refractivity contribution < 1.29 is 14.3 Å². The Kier molecular flexibility index (Phi) is 3.43. The Bertz CT molecular complexity index is 587. The molecule has 0 radical (unpaired) electrons. The Morgan fingerprint density at radius 1 is 1.33 bits per heavy atom. The highest BCUT2D eigenvalue weighted by atomic mass is 35.5. The summed E-state index contributed by atoms with van der Waals surface area (Å²) in [5.41, 5.74) is 0.0607. The van der Waals surface area contributed by atoms with Gasteiger partial charge in [0.05, 0.1) is 11.8 Å². The minimum absolute atomic E-state index is 0.0607. The SMILES string of the molecule is O=C(Nc1ccc(F)cn1)c1ccc(Cl)cc1O. The van der Waals surface area contributed by atoms with Crippen molar-refractivity contribution in [2.45, 2.75) is 0 Å². The third kappa shape index (κ3) is 2.75. The highest BCUT2D eigenvalue weighted by molar-refractivity contribution is 6.30. The molecule has 2 rings (SSSR count). The van der Waals surface area contributed by atoms with Crippen LogP contribution in [0.25, 0.3) is 0 Å². The van der Waals surface area contributed by atoms with E-state index < -0.39 is 11.7 Å². The van der Waals surface area contributed by atoms with Gasteiger partial charge in [0, 0.05) is 5.02 Å². The summed E-state index contributed by atoms with van der Waals surface area (Å²) in [6, 6.07) is 6.61. The molecular weight excluding hydrogens is 259 g/mol. The van der Waals surface area contributed by atoms with E-state index in [2.05, 4.69) is 10.3 Å². The summed E-state index contributed by atoms with van der Waals surface area (Å²) in [4.78, 5) is 15.5. The van der Waals surface area contributed by atoms with Crippen molar-refractivity contribution in [2.75, 3.05) is 5.32 Å². The van der Waals surface area contributed by atoms with Crippen molar-refractivity contribution in [2.24, 2.45) is 0 Å². The number of phenolic OH excluding ortho intramolecular Hbond substituents is 1. The van der Waals surface area contributed by atoms with Crippen LogP contribution in [0.4, 0.5) is 10.2 Å². The number of benzene rings is 1. The number of rotatable bonds is 2. The number of aromatic hydroxyl groups is 1. The molecule has 0 saturated carbocycles. The number of pyridine rings is 1. The zero-order valence-corrected chi connectivity index (χ0v) is 9.78. The van der Waals surface area contributed by atoms with Crippen LogP contribution in [0.15, 0.2) is 36.5 Å². The van der Waals surface area contributed by atoms with E-state index in [1.54, 1.807) is 0 Å². The standard InChI is InChI=1S/C12H8ClFN2O2/c13-7-1-3-9(10(17)5-7)12(18)16-11-4-2-8(14)6-15-11/h1-6,17H,(H,15,16,18). The normalized spacial score (nSPS) is 10.1. The van der Waals surface area contributed by atoms with Gasteiger partial charge in [0.25, 0.3) is 5.91 Å². The van der Waals surface area contributed by atoms with Crippen LogP contribution in [-0.2, 0) is 0 Å². The second kappa shape index (κ2) is 5.01. The second-order valence-corrected chi connectivity index (χ2v) is 3.91. The van der Waals surface area contributed by atoms with Gasteiger partial charge in [-0.25, -0.2) is 9.37 Å². The fourth-order valence-electron chi connectivity index (χ4n) is 1.33. The van der Waals surface area contributed by atoms with Crippen molar-refractivity contribution in [1.82, 2.24) is 4.98 Å². The van der Waals surface area contributed by atoms with Crippen molar-refractivity contribution in [3.8, 4) is 5.75 Å². The number of carbonyl (C=O) groups is 1. The first-order valence-corrected chi connectivity index (χ1v) is 5.35. The average molecular weight is 267 g/mol. The topological polar surface area (TPSA) is 62.2 Å². The van der Waals surface area contributed by atoms with Gasteiger partial charge < -0.3 is 10.4 Å². The van der Waals surface area contributed by atoms with Gasteiger partial charge in [-0.05, 0) is 30.3 Å². The van der Waals surface area contributed by atoms with Gasteiger partial charge in [-0.2, -0.15) is 0 Å². The summed E-state index contributed by atoms with van der Waals surface area (Å²) in [5.74, 6) is -1.09. The van der Waals surface area contributed by atoms with Gasteiger partial charge in [0.2, 0.25) is 0 Å². The largest absolute Gasteiger partial charge is 0.507 e. The molecule has 0 spiro atoms. The maximum atomic E-state index is 12.6. The molecule has 1 amide bonds. The Labute approximate surface area is 107 Å². The zero-order valence-electron chi connectivity index (χ0n) is 9.02. The van der Waals surface area contributed by atoms with E-state index in [4.69, 9.17) is 11.6 Å². The number of phenols is 1. The van der Waals surface area contributed by atoms with Crippen LogP contribution in [0.2, 0.25) is 5.02 Å². The first-order valence-electron chi connectivity index (χ1n) is 4.97. The third-order valence-corrected chi connectivity index (χ3v) is 2.41. The minimum Gasteiger partial charge on any atom is -0.507 e. The average Bonchev–Trinajstić information content (AvgIpc) is 2.32. The van der Waals surface area contributed by atoms with Crippen LogP contribution >= 0.6 is 11.6 Å². The number of hydrogen-bond acceptors (Lipinski definition) is 3. The number of hydrogen-bond donors (Lipinski definition) is 2. The van der Waals surface area contributed by atoms with Gasteiger partial charge in [-0.3, -0.25) is 4.79 Å². The van der Waals surface area contributed by atoms with E-state index in [1.807, 2.05) is 0 Å². The van der Waals surface area contributed by atoms with Crippen molar-refractivity contribution in [1.29, 1.82) is 0 Å². The number of carbonyl (C=O) groups excluding carboxylic acids is 1. The molecule has 0 aliphatic heterocycles. The van der Waals surface area contributed by atoms with Gasteiger partial charge in [0.1, 0.15) is 17.4 Å². The summed E-state index contributed by atoms with van der Waals surface area (Å²) in [6.07, 6.45) is 0.983. The maximum Gasteiger partial charge on any atom is 0.260 e. The van der Waals surface area contributed by atoms with Gasteiger partial charge >= 0.3 is 0 Å². The Hall–Kier alpha value is -2.14. The number of nitrogens with zero attached hydrogens (tertiary/aromatic N) is 1. The molecule has 2 aromatic rings. The lowest BCUT2D eigenvalue weighted by Crippen LogP contribution is -2.13. The van der Waals surface area contributed by atoms with Crippen LogP contribution in [0.3, 0.4) is 0 Å². The predicted octanol–water partition coefficient (Wildman–Crippen LogP) is 2.83. The highest BCUT2D eigenvalue weighted by Crippen LogP contribution is 2.22. The first kappa shape index (κ1) is 12.3. The fourth-order valence-corrected chi connectivity index (χ4v) is 1.50. The predicted molar refractivity (Wildman–Crippen MR) is 65.3 cm³/mol. The van der Waals surface area contributed by atoms with Crippen molar-refractivity contribution >= 4 is 23.3 Å². The number of halogens is 2. The molecule has 0 aliphatic carbocycles. The quantitative estimate of drug-likeness (QED) is 0.879. The summed E-state index contributed by atoms with van der Waals surface area (Å²) in [7, 11) is 0. The molecule has 0 unspecified atom stereocenters. The number of amides is 1. The summed E-state index contributed by atoms with van der Waals surface area (Å²) >= 11 is 5.65. The van der Waals surface area contributed by atoms with Gasteiger partial charge in [-0.1, -0.05) is 11.6 Å². The Morgan fingerprint density at radius 2 is 2.11 bits per heavy atom.